The molecule has 0 bridgehead atoms. The van der Waals surface area contributed by atoms with Crippen LogP contribution in [0.1, 0.15) is 18.9 Å². The Kier molecular flexibility index (Phi) is 4.02. The van der Waals surface area contributed by atoms with E-state index < -0.39 is 12.4 Å². The Morgan fingerprint density at radius 1 is 1.09 bits per heavy atom. The molecular formula is C18H13F2NO2. The number of halogens is 2. The summed E-state index contributed by atoms with van der Waals surface area (Å²) >= 11 is 0. The van der Waals surface area contributed by atoms with Crippen molar-refractivity contribution < 1.29 is 18.3 Å². The number of fused-ring (bicyclic) bond motifs is 1. The highest BCUT2D eigenvalue weighted by Crippen LogP contribution is 2.31. The molecule has 3 rings (SSSR count). The van der Waals surface area contributed by atoms with E-state index in [0.717, 1.165) is 5.39 Å². The van der Waals surface area contributed by atoms with Crippen LogP contribution in [0.4, 0.5) is 8.78 Å². The first-order valence-corrected chi connectivity index (χ1v) is 7.01. The quantitative estimate of drug-likeness (QED) is 0.654. The number of aromatic nitrogens is 1. The number of benzene rings is 2. The van der Waals surface area contributed by atoms with Crippen molar-refractivity contribution in [2.45, 2.75) is 13.3 Å². The molecule has 0 aliphatic rings. The molecule has 0 N–H and O–H groups in total. The van der Waals surface area contributed by atoms with Crippen molar-refractivity contribution in [3.8, 4) is 17.0 Å². The van der Waals surface area contributed by atoms with Gasteiger partial charge in [0.05, 0.1) is 5.52 Å². The van der Waals surface area contributed by atoms with E-state index in [1.165, 1.54) is 19.1 Å². The first kappa shape index (κ1) is 15.1. The predicted octanol–water partition coefficient (Wildman–Crippen LogP) is 4.76. The second-order valence-corrected chi connectivity index (χ2v) is 5.05. The van der Waals surface area contributed by atoms with Gasteiger partial charge in [-0.25, -0.2) is 13.8 Å². The molecule has 0 saturated carbocycles. The lowest BCUT2D eigenvalue weighted by Gasteiger charge is -2.09. The summed E-state index contributed by atoms with van der Waals surface area (Å²) in [5.41, 5.74) is 1.90. The largest absolute Gasteiger partial charge is 0.408 e. The van der Waals surface area contributed by atoms with Crippen molar-refractivity contribution in [3.63, 3.8) is 0 Å². The Balaban J connectivity index is 2.16. The topological polar surface area (TPSA) is 39.2 Å². The number of ether oxygens (including phenoxy) is 1. The Bertz CT molecular complexity index is 878. The molecule has 0 aliphatic heterocycles. The van der Waals surface area contributed by atoms with Crippen LogP contribution in [0.15, 0.2) is 54.6 Å². The van der Waals surface area contributed by atoms with E-state index in [4.69, 9.17) is 4.74 Å². The van der Waals surface area contributed by atoms with Gasteiger partial charge >= 0.3 is 5.97 Å². The van der Waals surface area contributed by atoms with Crippen LogP contribution in [0.5, 0.6) is 5.88 Å². The van der Waals surface area contributed by atoms with Crippen LogP contribution in [0.2, 0.25) is 0 Å². The molecule has 0 amide bonds. The lowest BCUT2D eigenvalue weighted by molar-refractivity contribution is -0.132. The number of rotatable bonds is 3. The van der Waals surface area contributed by atoms with E-state index in [9.17, 15) is 13.6 Å². The highest BCUT2D eigenvalue weighted by Gasteiger charge is 2.11. The van der Waals surface area contributed by atoms with Crippen LogP contribution < -0.4 is 4.74 Å². The lowest BCUT2D eigenvalue weighted by Crippen LogP contribution is -2.03. The fourth-order valence-corrected chi connectivity index (χ4v) is 2.41. The zero-order valence-electron chi connectivity index (χ0n) is 12.3. The number of nitrogens with zero attached hydrogens (tertiary/aromatic N) is 1. The molecule has 0 radical (unpaired) electrons. The summed E-state index contributed by atoms with van der Waals surface area (Å²) < 4.78 is 30.8. The fourth-order valence-electron chi connectivity index (χ4n) is 2.41. The molecule has 5 heteroatoms. The molecule has 3 aromatic rings. The van der Waals surface area contributed by atoms with Gasteiger partial charge in [0.2, 0.25) is 5.88 Å². The van der Waals surface area contributed by atoms with Crippen LogP contribution in [0.25, 0.3) is 22.0 Å². The second kappa shape index (κ2) is 6.12. The molecule has 0 aliphatic carbocycles. The molecule has 1 aromatic heterocycles. The minimum Gasteiger partial charge on any atom is -0.408 e. The third-order valence-electron chi connectivity index (χ3n) is 3.39. The number of hydrogen-bond acceptors (Lipinski definition) is 3. The third-order valence-corrected chi connectivity index (χ3v) is 3.39. The minimum atomic E-state index is -2.53. The molecule has 1 heterocycles. The lowest BCUT2D eigenvalue weighted by atomic mass is 10.0. The van der Waals surface area contributed by atoms with Crippen LogP contribution in [-0.2, 0) is 4.79 Å². The van der Waals surface area contributed by atoms with Gasteiger partial charge in [-0.05, 0) is 17.7 Å². The van der Waals surface area contributed by atoms with Gasteiger partial charge in [0.25, 0.3) is 6.43 Å². The molecule has 0 fully saturated rings. The monoisotopic (exact) mass is 313 g/mol. The smallest absolute Gasteiger partial charge is 0.309 e. The van der Waals surface area contributed by atoms with E-state index in [1.807, 2.05) is 12.1 Å². The van der Waals surface area contributed by atoms with Gasteiger partial charge in [0, 0.05) is 29.5 Å². The van der Waals surface area contributed by atoms with E-state index in [2.05, 4.69) is 4.98 Å². The molecule has 0 saturated heterocycles. The minimum absolute atomic E-state index is 0.0457. The average Bonchev–Trinajstić information content (AvgIpc) is 2.53. The maximum Gasteiger partial charge on any atom is 0.309 e. The van der Waals surface area contributed by atoms with Crippen LogP contribution in [0, 0.1) is 0 Å². The van der Waals surface area contributed by atoms with E-state index in [-0.39, 0.29) is 11.4 Å². The molecule has 0 spiro atoms. The maximum atomic E-state index is 12.9. The fraction of sp³-hybridized carbons (Fsp3) is 0.111. The molecule has 2 aromatic carbocycles. The van der Waals surface area contributed by atoms with Crippen molar-refractivity contribution in [1.29, 1.82) is 0 Å². The van der Waals surface area contributed by atoms with Gasteiger partial charge in [-0.2, -0.15) is 0 Å². The van der Waals surface area contributed by atoms with Gasteiger partial charge in [0.15, 0.2) is 0 Å². The first-order valence-electron chi connectivity index (χ1n) is 7.01. The normalized spacial score (nSPS) is 11.0. The van der Waals surface area contributed by atoms with Gasteiger partial charge in [0.1, 0.15) is 0 Å². The molecule has 0 atom stereocenters. The highest BCUT2D eigenvalue weighted by molar-refractivity contribution is 5.94. The first-order chi connectivity index (χ1) is 11.0. The number of carbonyl (C=O) groups is 1. The Morgan fingerprint density at radius 3 is 2.61 bits per heavy atom. The zero-order valence-corrected chi connectivity index (χ0v) is 12.3. The number of alkyl halides is 2. The van der Waals surface area contributed by atoms with Gasteiger partial charge in [-0.3, -0.25) is 4.79 Å². The third kappa shape index (κ3) is 3.18. The van der Waals surface area contributed by atoms with Gasteiger partial charge < -0.3 is 4.74 Å². The van der Waals surface area contributed by atoms with Crippen molar-refractivity contribution in [3.05, 3.63) is 60.2 Å². The summed E-state index contributed by atoms with van der Waals surface area (Å²) in [6.07, 6.45) is -2.53. The summed E-state index contributed by atoms with van der Waals surface area (Å²) in [6.45, 7) is 1.30. The van der Waals surface area contributed by atoms with E-state index in [1.54, 1.807) is 30.3 Å². The Labute approximate surface area is 131 Å². The number of pyridine rings is 1. The van der Waals surface area contributed by atoms with Gasteiger partial charge in [-0.15, -0.1) is 0 Å². The maximum absolute atomic E-state index is 12.9. The molecule has 3 nitrogen and oxygen atoms in total. The molecule has 23 heavy (non-hydrogen) atoms. The summed E-state index contributed by atoms with van der Waals surface area (Å²) in [7, 11) is 0. The second-order valence-electron chi connectivity index (χ2n) is 5.05. The van der Waals surface area contributed by atoms with Crippen molar-refractivity contribution >= 4 is 16.9 Å². The summed E-state index contributed by atoms with van der Waals surface area (Å²) in [5, 5.41) is 0.834. The summed E-state index contributed by atoms with van der Waals surface area (Å²) in [6, 6.07) is 15.0. The number of hydrogen-bond donors (Lipinski definition) is 0. The molecule has 0 unspecified atom stereocenters. The average molecular weight is 313 g/mol. The van der Waals surface area contributed by atoms with Crippen molar-refractivity contribution in [1.82, 2.24) is 4.98 Å². The number of esters is 1. The molecule has 116 valence electrons. The summed E-state index contributed by atoms with van der Waals surface area (Å²) in [5.74, 6) is -0.281. The van der Waals surface area contributed by atoms with E-state index in [0.29, 0.717) is 16.6 Å². The standard InChI is InChI=1S/C18H13F2NO2/c1-11(22)23-16-9-8-12-4-3-7-15(17(12)21-16)13-5-2-6-14(10-13)18(19)20/h2-10,18H,1H3. The van der Waals surface area contributed by atoms with Crippen LogP contribution in [0.3, 0.4) is 0 Å². The Hall–Kier alpha value is -2.82. The van der Waals surface area contributed by atoms with Crippen molar-refractivity contribution in [2.75, 3.05) is 0 Å². The Morgan fingerprint density at radius 2 is 1.87 bits per heavy atom. The van der Waals surface area contributed by atoms with Crippen LogP contribution in [-0.4, -0.2) is 11.0 Å². The van der Waals surface area contributed by atoms with Gasteiger partial charge in [-0.1, -0.05) is 36.4 Å². The SMILES string of the molecule is CC(=O)Oc1ccc2cccc(-c3cccc(C(F)F)c3)c2n1. The summed E-state index contributed by atoms with van der Waals surface area (Å²) in [4.78, 5) is 15.4. The van der Waals surface area contributed by atoms with Crippen LogP contribution >= 0.6 is 0 Å². The van der Waals surface area contributed by atoms with Crippen molar-refractivity contribution in [2.24, 2.45) is 0 Å². The zero-order chi connectivity index (χ0) is 16.4. The number of para-hydroxylation sites is 1. The molecular weight excluding hydrogens is 300 g/mol. The highest BCUT2D eigenvalue weighted by atomic mass is 19.3. The predicted molar refractivity (Wildman–Crippen MR) is 83.4 cm³/mol. The van der Waals surface area contributed by atoms with E-state index >= 15 is 0 Å². The number of carbonyl (C=O) groups excluding carboxylic acids is 1.